The monoisotopic (exact) mass is 428 g/mol. The lowest BCUT2D eigenvalue weighted by Crippen LogP contribution is -2.42. The van der Waals surface area contributed by atoms with Crippen LogP contribution in [0.5, 0.6) is 0 Å². The molecule has 2 atom stereocenters. The van der Waals surface area contributed by atoms with Crippen molar-refractivity contribution in [1.82, 2.24) is 0 Å². The molecular formula is C24H44O6. The maximum absolute atomic E-state index is 12.5. The summed E-state index contributed by atoms with van der Waals surface area (Å²) in [5, 5.41) is 0. The largest absolute Gasteiger partial charge is 0.465 e. The van der Waals surface area contributed by atoms with E-state index in [0.29, 0.717) is 13.2 Å². The van der Waals surface area contributed by atoms with Gasteiger partial charge >= 0.3 is 11.9 Å². The van der Waals surface area contributed by atoms with Crippen molar-refractivity contribution < 1.29 is 28.5 Å². The van der Waals surface area contributed by atoms with Crippen LogP contribution in [0.25, 0.3) is 0 Å². The normalized spacial score (nSPS) is 19.1. The fourth-order valence-corrected chi connectivity index (χ4v) is 4.28. The van der Waals surface area contributed by atoms with E-state index in [2.05, 4.69) is 55.4 Å². The molecule has 0 aromatic carbocycles. The molecule has 6 heteroatoms. The Labute approximate surface area is 183 Å². The second-order valence-corrected chi connectivity index (χ2v) is 11.8. The molecular weight excluding hydrogens is 384 g/mol. The maximum Gasteiger partial charge on any atom is 0.306 e. The van der Waals surface area contributed by atoms with Crippen molar-refractivity contribution in [2.45, 2.75) is 81.1 Å². The molecule has 176 valence electrons. The van der Waals surface area contributed by atoms with Crippen LogP contribution in [0.4, 0.5) is 0 Å². The van der Waals surface area contributed by atoms with E-state index in [1.165, 1.54) is 0 Å². The number of carbonyl (C=O) groups is 2. The van der Waals surface area contributed by atoms with Gasteiger partial charge in [0.2, 0.25) is 0 Å². The van der Waals surface area contributed by atoms with E-state index in [1.54, 1.807) is 0 Å². The Morgan fingerprint density at radius 3 is 1.50 bits per heavy atom. The molecule has 1 aliphatic rings. The molecule has 1 saturated heterocycles. The molecule has 0 aromatic heterocycles. The van der Waals surface area contributed by atoms with Crippen molar-refractivity contribution in [3.05, 3.63) is 0 Å². The van der Waals surface area contributed by atoms with E-state index >= 15 is 0 Å². The second kappa shape index (κ2) is 11.5. The molecule has 1 fully saturated rings. The van der Waals surface area contributed by atoms with Crippen LogP contribution < -0.4 is 0 Å². The van der Waals surface area contributed by atoms with E-state index in [1.807, 2.05) is 0 Å². The summed E-state index contributed by atoms with van der Waals surface area (Å²) in [5.41, 5.74) is -0.356. The van der Waals surface area contributed by atoms with Crippen LogP contribution in [0.1, 0.15) is 81.1 Å². The summed E-state index contributed by atoms with van der Waals surface area (Å²) in [5.74, 6) is -0.0893. The molecule has 1 rings (SSSR count). The molecule has 0 spiro atoms. The van der Waals surface area contributed by atoms with Gasteiger partial charge in [-0.05, 0) is 35.5 Å². The first-order valence-electron chi connectivity index (χ1n) is 11.2. The molecule has 0 aromatic rings. The summed E-state index contributed by atoms with van der Waals surface area (Å²) in [6, 6.07) is 0. The van der Waals surface area contributed by atoms with Gasteiger partial charge in [0.05, 0.1) is 39.3 Å². The maximum atomic E-state index is 12.5. The Kier molecular flexibility index (Phi) is 10.3. The van der Waals surface area contributed by atoms with Crippen molar-refractivity contribution in [3.63, 3.8) is 0 Å². The zero-order valence-corrected chi connectivity index (χ0v) is 20.5. The van der Waals surface area contributed by atoms with Crippen LogP contribution in [-0.2, 0) is 28.5 Å². The molecule has 2 unspecified atom stereocenters. The third kappa shape index (κ3) is 11.9. The van der Waals surface area contributed by atoms with Crippen molar-refractivity contribution in [1.29, 1.82) is 0 Å². The molecule has 0 N–H and O–H groups in total. The standard InChI is InChI=1S/C24H44O6/c1-18(9-22(3,4)5)13-29-20(25)11-24(15-27-17-28-16-24)12-21(26)30-14-19(2)10-23(6,7)8/h18-19H,9-17H2,1-8H3. The average molecular weight is 429 g/mol. The van der Waals surface area contributed by atoms with Gasteiger partial charge in [-0.3, -0.25) is 9.59 Å². The average Bonchev–Trinajstić information content (AvgIpc) is 2.56. The zero-order chi connectivity index (χ0) is 23.0. The van der Waals surface area contributed by atoms with Crippen LogP contribution in [0.15, 0.2) is 0 Å². The first-order chi connectivity index (χ1) is 13.7. The highest BCUT2D eigenvalue weighted by Gasteiger charge is 2.40. The van der Waals surface area contributed by atoms with Crippen LogP contribution >= 0.6 is 0 Å². The molecule has 1 aliphatic heterocycles. The van der Waals surface area contributed by atoms with Gasteiger partial charge in [-0.2, -0.15) is 0 Å². The van der Waals surface area contributed by atoms with Crippen molar-refractivity contribution in [2.24, 2.45) is 28.1 Å². The van der Waals surface area contributed by atoms with Gasteiger partial charge in [-0.1, -0.05) is 55.4 Å². The Balaban J connectivity index is 2.56. The fraction of sp³-hybridized carbons (Fsp3) is 0.917. The highest BCUT2D eigenvalue weighted by molar-refractivity contribution is 5.74. The van der Waals surface area contributed by atoms with Crippen LogP contribution in [0, 0.1) is 28.1 Å². The quantitative estimate of drug-likeness (QED) is 0.457. The van der Waals surface area contributed by atoms with Crippen LogP contribution in [0.2, 0.25) is 0 Å². The number of ether oxygens (including phenoxy) is 4. The van der Waals surface area contributed by atoms with E-state index in [9.17, 15) is 9.59 Å². The third-order valence-corrected chi connectivity index (χ3v) is 5.00. The Morgan fingerprint density at radius 2 is 1.17 bits per heavy atom. The van der Waals surface area contributed by atoms with Crippen LogP contribution in [0.3, 0.4) is 0 Å². The molecule has 0 aliphatic carbocycles. The fourth-order valence-electron chi connectivity index (χ4n) is 4.28. The lowest BCUT2D eigenvalue weighted by atomic mass is 9.82. The van der Waals surface area contributed by atoms with E-state index in [0.717, 1.165) is 12.8 Å². The van der Waals surface area contributed by atoms with Gasteiger partial charge in [0, 0.05) is 5.41 Å². The first kappa shape index (κ1) is 26.9. The predicted molar refractivity (Wildman–Crippen MR) is 117 cm³/mol. The molecule has 1 heterocycles. The van der Waals surface area contributed by atoms with E-state index in [-0.39, 0.29) is 67.5 Å². The summed E-state index contributed by atoms with van der Waals surface area (Å²) in [6.45, 7) is 18.7. The summed E-state index contributed by atoms with van der Waals surface area (Å²) >= 11 is 0. The predicted octanol–water partition coefficient (Wildman–Crippen LogP) is 4.99. The SMILES string of the molecule is CC(COC(=O)CC1(CC(=O)OCC(C)CC(C)(C)C)COCOC1)CC(C)(C)C. The third-order valence-electron chi connectivity index (χ3n) is 5.00. The smallest absolute Gasteiger partial charge is 0.306 e. The lowest BCUT2D eigenvalue weighted by Gasteiger charge is -2.35. The first-order valence-corrected chi connectivity index (χ1v) is 11.2. The van der Waals surface area contributed by atoms with Crippen LogP contribution in [-0.4, -0.2) is 45.2 Å². The zero-order valence-electron chi connectivity index (χ0n) is 20.5. The topological polar surface area (TPSA) is 71.1 Å². The van der Waals surface area contributed by atoms with Gasteiger partial charge in [-0.25, -0.2) is 0 Å². The molecule has 0 radical (unpaired) electrons. The molecule has 0 bridgehead atoms. The molecule has 6 nitrogen and oxygen atoms in total. The van der Waals surface area contributed by atoms with E-state index < -0.39 is 5.41 Å². The number of esters is 2. The summed E-state index contributed by atoms with van der Waals surface area (Å²) in [7, 11) is 0. The Bertz CT molecular complexity index is 495. The van der Waals surface area contributed by atoms with Crippen molar-refractivity contribution in [2.75, 3.05) is 33.2 Å². The minimum absolute atomic E-state index is 0.0852. The minimum atomic E-state index is -0.729. The molecule has 30 heavy (non-hydrogen) atoms. The van der Waals surface area contributed by atoms with Gasteiger partial charge in [0.15, 0.2) is 0 Å². The van der Waals surface area contributed by atoms with Gasteiger partial charge in [0.1, 0.15) is 6.79 Å². The number of hydrogen-bond acceptors (Lipinski definition) is 6. The van der Waals surface area contributed by atoms with Crippen molar-refractivity contribution in [3.8, 4) is 0 Å². The molecule has 0 saturated carbocycles. The number of carbonyl (C=O) groups excluding carboxylic acids is 2. The Hall–Kier alpha value is -1.14. The number of rotatable bonds is 10. The lowest BCUT2D eigenvalue weighted by molar-refractivity contribution is -0.187. The highest BCUT2D eigenvalue weighted by Crippen LogP contribution is 2.32. The minimum Gasteiger partial charge on any atom is -0.465 e. The molecule has 0 amide bonds. The highest BCUT2D eigenvalue weighted by atomic mass is 16.7. The summed E-state index contributed by atoms with van der Waals surface area (Å²) in [4.78, 5) is 25.0. The van der Waals surface area contributed by atoms with Gasteiger partial charge in [-0.15, -0.1) is 0 Å². The van der Waals surface area contributed by atoms with Gasteiger partial charge < -0.3 is 18.9 Å². The van der Waals surface area contributed by atoms with Gasteiger partial charge in [0.25, 0.3) is 0 Å². The Morgan fingerprint density at radius 1 is 0.800 bits per heavy atom. The second-order valence-electron chi connectivity index (χ2n) is 11.8. The van der Waals surface area contributed by atoms with E-state index in [4.69, 9.17) is 18.9 Å². The summed E-state index contributed by atoms with van der Waals surface area (Å²) in [6.07, 6.45) is 2.11. The summed E-state index contributed by atoms with van der Waals surface area (Å²) < 4.78 is 21.9. The number of hydrogen-bond donors (Lipinski definition) is 0. The van der Waals surface area contributed by atoms with Crippen molar-refractivity contribution >= 4 is 11.9 Å².